The van der Waals surface area contributed by atoms with Gasteiger partial charge in [-0.2, -0.15) is 0 Å². The molecule has 0 aromatic rings. The molecule has 8 saturated carbocycles. The second-order valence-corrected chi connectivity index (χ2v) is 39.3. The van der Waals surface area contributed by atoms with Crippen molar-refractivity contribution in [1.82, 2.24) is 10.6 Å². The zero-order valence-corrected chi connectivity index (χ0v) is 73.8. The molecule has 35 nitrogen and oxygen atoms in total. The zero-order valence-electron chi connectivity index (χ0n) is 73.8. The van der Waals surface area contributed by atoms with Crippen molar-refractivity contribution in [3.8, 4) is 0 Å². The molecule has 2 amide bonds. The summed E-state index contributed by atoms with van der Waals surface area (Å²) in [5, 5.41) is 140. The van der Waals surface area contributed by atoms with Crippen molar-refractivity contribution in [3.05, 3.63) is 0 Å². The van der Waals surface area contributed by atoms with Crippen LogP contribution in [0, 0.1) is 81.8 Å². The van der Waals surface area contributed by atoms with Gasteiger partial charge in [0.15, 0.2) is 37.4 Å². The van der Waals surface area contributed by atoms with Crippen LogP contribution >= 0.6 is 0 Å². The lowest BCUT2D eigenvalue weighted by atomic mass is 9.43. The number of carbonyl (C=O) groups excluding carboxylic acids is 5. The summed E-state index contributed by atoms with van der Waals surface area (Å²) in [6.45, 7) is 14.0. The zero-order chi connectivity index (χ0) is 89.8. The van der Waals surface area contributed by atoms with Gasteiger partial charge in [0.2, 0.25) is 11.8 Å². The summed E-state index contributed by atoms with van der Waals surface area (Å²) in [5.41, 5.74) is 5.62. The number of rotatable bonds is 32. The van der Waals surface area contributed by atoms with Crippen LogP contribution in [0.25, 0.3) is 0 Å². The van der Waals surface area contributed by atoms with Crippen molar-refractivity contribution >= 4 is 41.7 Å². The molecular weight excluding hydrogens is 1620 g/mol. The standard InChI is InChI=1S/C89H145N3O32/c1-11-47-31-49(33-57(76(47)123-86-74(104)72(102)68(98)41(4)113-86)118-84-66(91-43(6)95)78(70(100)61(38-93)120-84)115-59(80(106)107)29-45-19-15-13-16-20-45)82(110)117-56-36-51-35-52(90)27-28-88(51,8)55-37-63(89(9)53(24-25-54(89)65(55)56)40(3)23-26-64(97)112-10)122-83(111)50-32-48(12-2)77(124-87-75(105)73(103)69(99)42(5)114-87)58(34-50)119-85-67(92-44(7)96)79(71(101)62(39-94)121-85)116-60(81(108)109)30-46-21-17-14-18-22-46/h40-42,45-63,65-79,84-87,93-94,98-105H,11-39,90H2,1-10H3,(H,91,95)(H,92,96)(H,106,107)(H,108,109)/t40-,41+,42+,47-,48-,49?,50?,51+,52+,53-,54+,55+,56-,57-,58-,59+,60+,61+,62+,63+,65+,66?,67?,68?,69+,70+,71+,72+,73?,74+,75+,76?,77-,78?,79?,84-,85-,86?,87?,88+,89-/m1/s1. The van der Waals surface area contributed by atoms with Gasteiger partial charge in [-0.25, -0.2) is 9.59 Å². The monoisotopic (exact) mass is 1770 g/mol. The molecule has 0 spiro atoms. The molecule has 4 heterocycles. The van der Waals surface area contributed by atoms with Crippen LogP contribution in [-0.2, 0) is 95.1 Å². The number of aliphatic hydroxyl groups is 10. The van der Waals surface area contributed by atoms with E-state index in [1.807, 2.05) is 13.8 Å². The largest absolute Gasteiger partial charge is 0.479 e. The Kier molecular flexibility index (Phi) is 34.0. The van der Waals surface area contributed by atoms with Crippen LogP contribution in [-0.4, -0.2) is 301 Å². The first-order valence-corrected chi connectivity index (χ1v) is 46.4. The summed E-state index contributed by atoms with van der Waals surface area (Å²) in [6.07, 6.45) is -23.8. The lowest BCUT2D eigenvalue weighted by Crippen LogP contribution is -2.67. The maximum Gasteiger partial charge on any atom is 0.332 e. The number of ether oxygens (including phenoxy) is 13. The van der Waals surface area contributed by atoms with Crippen LogP contribution < -0.4 is 16.4 Å². The molecule has 0 aromatic carbocycles. The Morgan fingerprint density at radius 2 is 0.968 bits per heavy atom. The van der Waals surface area contributed by atoms with Gasteiger partial charge in [-0.05, 0) is 162 Å². The minimum absolute atomic E-state index is 0.0145. The SMILES string of the molecule is CC[C@@H]1CC(C(=O)O[C@@H]2C[C@@H]3C[C@@H](N)CC[C@]3(C)[C@H]3C[C@H](OC(=O)C4C[C@@H](CC)[C@@H](OC5O[C@@H](C)[C@H](O)C(O)[C@@H]5O)[C@H](O[C@@H]5O[C@@H](CO)[C@H](O)C(O[C@@H](CC6CCCCC6)C(=O)O)C5NC(C)=O)C4)[C@]4(C)[C@@H]([C@H](C)CCC(=O)OC)CC[C@H]4[C@H]23)C[C@@H](O[C@@H]2O[C@@H](CO)[C@H](O)C(O[C@@H](CC3CCCCC3)C(=O)O)C2NC(C)=O)C1OC1O[C@@H](C)C(O)[C@H](O)[C@@H]1O. The average molecular weight is 1770 g/mol. The Labute approximate surface area is 726 Å². The van der Waals surface area contributed by atoms with Crippen LogP contribution in [0.5, 0.6) is 0 Å². The number of aliphatic hydroxyl groups excluding tert-OH is 10. The van der Waals surface area contributed by atoms with E-state index in [2.05, 4.69) is 31.4 Å². The van der Waals surface area contributed by atoms with Gasteiger partial charge in [-0.3, -0.25) is 24.0 Å². The molecule has 4 aliphatic heterocycles. The summed E-state index contributed by atoms with van der Waals surface area (Å²) < 4.78 is 85.1. The summed E-state index contributed by atoms with van der Waals surface area (Å²) in [4.78, 5) is 98.8. The van der Waals surface area contributed by atoms with Gasteiger partial charge in [-0.1, -0.05) is 112 Å². The molecule has 8 aliphatic carbocycles. The van der Waals surface area contributed by atoms with E-state index in [9.17, 15) is 85.3 Å². The third-order valence-electron chi connectivity index (χ3n) is 31.7. The number of methoxy groups -OCH3 is 1. The molecule has 12 rings (SSSR count). The summed E-state index contributed by atoms with van der Waals surface area (Å²) >= 11 is 0. The van der Waals surface area contributed by atoms with E-state index >= 15 is 9.59 Å². The second-order valence-electron chi connectivity index (χ2n) is 39.3. The van der Waals surface area contributed by atoms with Crippen LogP contribution in [0.15, 0.2) is 0 Å². The predicted molar refractivity (Wildman–Crippen MR) is 435 cm³/mol. The van der Waals surface area contributed by atoms with Crippen molar-refractivity contribution in [2.45, 2.75) is 413 Å². The smallest absolute Gasteiger partial charge is 0.332 e. The van der Waals surface area contributed by atoms with Crippen LogP contribution in [0.3, 0.4) is 0 Å². The van der Waals surface area contributed by atoms with E-state index in [4.69, 9.17) is 67.3 Å². The molecule has 11 unspecified atom stereocenters. The third kappa shape index (κ3) is 21.6. The van der Waals surface area contributed by atoms with Crippen molar-refractivity contribution in [2.24, 2.45) is 87.6 Å². The molecule has 41 atom stereocenters. The van der Waals surface area contributed by atoms with Gasteiger partial charge in [0.05, 0.1) is 68.8 Å². The summed E-state index contributed by atoms with van der Waals surface area (Å²) in [6, 6.07) is -3.13. The van der Waals surface area contributed by atoms with Gasteiger partial charge < -0.3 is 139 Å². The fourth-order valence-electron chi connectivity index (χ4n) is 24.7. The highest BCUT2D eigenvalue weighted by Crippen LogP contribution is 2.70. The number of hydrogen-bond acceptors (Lipinski definition) is 31. The van der Waals surface area contributed by atoms with Crippen LogP contribution in [0.1, 0.15) is 236 Å². The highest BCUT2D eigenvalue weighted by Gasteiger charge is 2.69. The van der Waals surface area contributed by atoms with Crippen LogP contribution in [0.2, 0.25) is 0 Å². The Hall–Kier alpha value is -4.55. The lowest BCUT2D eigenvalue weighted by molar-refractivity contribution is -0.339. The molecule has 124 heavy (non-hydrogen) atoms. The van der Waals surface area contributed by atoms with Crippen LogP contribution in [0.4, 0.5) is 0 Å². The Morgan fingerprint density at radius 1 is 0.508 bits per heavy atom. The fraction of sp³-hybridized carbons (Fsp3) is 0.921. The number of aliphatic carboxylic acids is 2. The predicted octanol–water partition coefficient (Wildman–Crippen LogP) is 3.46. The van der Waals surface area contributed by atoms with Gasteiger partial charge in [0, 0.05) is 37.6 Å². The van der Waals surface area contributed by atoms with Gasteiger partial charge in [0.25, 0.3) is 0 Å². The molecule has 12 fully saturated rings. The number of nitrogens with two attached hydrogens (primary N) is 1. The van der Waals surface area contributed by atoms with Crippen molar-refractivity contribution in [3.63, 3.8) is 0 Å². The number of fused-ring (bicyclic) bond motifs is 5. The summed E-state index contributed by atoms with van der Waals surface area (Å²) in [5.74, 6) is -10.3. The molecule has 12 aliphatic rings. The highest BCUT2D eigenvalue weighted by atomic mass is 16.8. The first kappa shape index (κ1) is 98.5. The fourth-order valence-corrected chi connectivity index (χ4v) is 24.7. The number of carboxylic acids is 2. The number of esters is 3. The minimum Gasteiger partial charge on any atom is -0.479 e. The molecule has 0 bridgehead atoms. The van der Waals surface area contributed by atoms with E-state index < -0.39 is 261 Å². The molecule has 708 valence electrons. The number of nitrogens with one attached hydrogen (secondary N) is 2. The molecule has 0 aromatic heterocycles. The highest BCUT2D eigenvalue weighted by molar-refractivity contribution is 5.75. The van der Waals surface area contributed by atoms with Gasteiger partial charge in [0.1, 0.15) is 97.5 Å². The minimum atomic E-state index is -1.80. The topological polar surface area (TPSA) is 532 Å². The van der Waals surface area contributed by atoms with Crippen molar-refractivity contribution in [2.75, 3.05) is 20.3 Å². The maximum atomic E-state index is 16.3. The maximum absolute atomic E-state index is 16.3. The molecular formula is C89H145N3O32. The number of hydrogen-bond donors (Lipinski definition) is 15. The Balaban J connectivity index is 0.876. The van der Waals surface area contributed by atoms with Crippen molar-refractivity contribution in [1.29, 1.82) is 0 Å². The Morgan fingerprint density at radius 3 is 1.40 bits per heavy atom. The van der Waals surface area contributed by atoms with E-state index in [1.54, 1.807) is 0 Å². The normalized spacial score (nSPS) is 44.8. The van der Waals surface area contributed by atoms with Gasteiger partial charge >= 0.3 is 29.8 Å². The van der Waals surface area contributed by atoms with Gasteiger partial charge in [-0.15, -0.1) is 0 Å². The quantitative estimate of drug-likeness (QED) is 0.0339. The third-order valence-corrected chi connectivity index (χ3v) is 31.7. The van der Waals surface area contributed by atoms with E-state index in [0.717, 1.165) is 64.2 Å². The van der Waals surface area contributed by atoms with E-state index in [1.165, 1.54) is 34.8 Å². The molecule has 35 heteroatoms. The lowest BCUT2D eigenvalue weighted by Gasteiger charge is -2.64. The van der Waals surface area contributed by atoms with E-state index in [-0.39, 0.29) is 98.3 Å². The second kappa shape index (κ2) is 42.8. The first-order chi connectivity index (χ1) is 58.9. The number of amides is 2. The number of carbonyl (C=O) groups is 7. The molecule has 0 radical (unpaired) electrons. The molecule has 16 N–H and O–H groups in total. The average Bonchev–Trinajstić information content (AvgIpc) is 1.43. The first-order valence-electron chi connectivity index (χ1n) is 46.4. The van der Waals surface area contributed by atoms with Crippen molar-refractivity contribution < 1.29 is 156 Å². The van der Waals surface area contributed by atoms with E-state index in [0.29, 0.717) is 64.2 Å². The summed E-state index contributed by atoms with van der Waals surface area (Å²) in [7, 11) is 1.33. The molecule has 4 saturated heterocycles. The number of carboxylic acid groups (broad SMARTS) is 2. The Bertz CT molecular complexity index is 3520.